The number of hydrogen-bond acceptors (Lipinski definition) is 3. The lowest BCUT2D eigenvalue weighted by Gasteiger charge is -2.39. The highest BCUT2D eigenvalue weighted by Gasteiger charge is 2.38. The largest absolute Gasteiger partial charge is 0.409 e. The molecule has 110 valence electrons. The van der Waals surface area contributed by atoms with Gasteiger partial charge in [-0.25, -0.2) is 0 Å². The Hall–Kier alpha value is -1.26. The lowest BCUT2D eigenvalue weighted by molar-refractivity contribution is -0.140. The van der Waals surface area contributed by atoms with Crippen LogP contribution in [0.25, 0.3) is 0 Å². The topological polar surface area (TPSA) is 78.9 Å². The van der Waals surface area contributed by atoms with Crippen LogP contribution in [0.3, 0.4) is 0 Å². The van der Waals surface area contributed by atoms with Gasteiger partial charge in [0.1, 0.15) is 5.84 Å². The van der Waals surface area contributed by atoms with Crippen LogP contribution < -0.4 is 5.73 Å². The molecule has 0 aromatic rings. The number of carbonyl (C=O) groups is 1. The smallest absolute Gasteiger partial charge is 0.225 e. The van der Waals surface area contributed by atoms with Gasteiger partial charge in [0.2, 0.25) is 5.91 Å². The van der Waals surface area contributed by atoms with E-state index in [2.05, 4.69) is 19.0 Å². The molecule has 1 aliphatic rings. The van der Waals surface area contributed by atoms with Gasteiger partial charge in [0.25, 0.3) is 0 Å². The van der Waals surface area contributed by atoms with E-state index in [1.807, 2.05) is 6.92 Å². The van der Waals surface area contributed by atoms with E-state index < -0.39 is 0 Å². The van der Waals surface area contributed by atoms with Gasteiger partial charge in [0, 0.05) is 25.4 Å². The van der Waals surface area contributed by atoms with Crippen molar-refractivity contribution in [3.05, 3.63) is 0 Å². The molecule has 0 aromatic heterocycles. The number of amidine groups is 1. The zero-order valence-corrected chi connectivity index (χ0v) is 12.5. The number of nitrogens with two attached hydrogens (primary N) is 1. The summed E-state index contributed by atoms with van der Waals surface area (Å²) in [7, 11) is 1.80. The molecule has 5 heteroatoms. The van der Waals surface area contributed by atoms with Crippen LogP contribution in [0, 0.1) is 17.3 Å². The molecule has 0 spiro atoms. The van der Waals surface area contributed by atoms with Crippen LogP contribution >= 0.6 is 0 Å². The fraction of sp³-hybridized carbons (Fsp3) is 0.857. The van der Waals surface area contributed by atoms with Gasteiger partial charge in [-0.05, 0) is 18.3 Å². The second-order valence-electron chi connectivity index (χ2n) is 6.43. The van der Waals surface area contributed by atoms with Gasteiger partial charge in [-0.1, -0.05) is 38.8 Å². The molecular weight excluding hydrogens is 242 g/mol. The number of nitrogens with zero attached hydrogens (tertiary/aromatic N) is 2. The highest BCUT2D eigenvalue weighted by atomic mass is 16.4. The summed E-state index contributed by atoms with van der Waals surface area (Å²) in [5.41, 5.74) is 5.63. The van der Waals surface area contributed by atoms with E-state index in [-0.39, 0.29) is 29.0 Å². The summed E-state index contributed by atoms with van der Waals surface area (Å²) in [4.78, 5) is 14.3. The van der Waals surface area contributed by atoms with E-state index in [0.29, 0.717) is 6.54 Å². The van der Waals surface area contributed by atoms with Crippen LogP contribution in [0.4, 0.5) is 0 Å². The Morgan fingerprint density at radius 2 is 2.16 bits per heavy atom. The maximum absolute atomic E-state index is 12.5. The van der Waals surface area contributed by atoms with Gasteiger partial charge in [0.05, 0.1) is 0 Å². The third kappa shape index (κ3) is 3.85. The van der Waals surface area contributed by atoms with Crippen LogP contribution in [0.1, 0.15) is 46.5 Å². The van der Waals surface area contributed by atoms with E-state index in [9.17, 15) is 4.79 Å². The molecule has 5 nitrogen and oxygen atoms in total. The zero-order valence-electron chi connectivity index (χ0n) is 12.5. The summed E-state index contributed by atoms with van der Waals surface area (Å²) < 4.78 is 0. The Labute approximate surface area is 115 Å². The molecule has 0 bridgehead atoms. The van der Waals surface area contributed by atoms with E-state index in [4.69, 9.17) is 10.9 Å². The van der Waals surface area contributed by atoms with Crippen molar-refractivity contribution in [3.63, 3.8) is 0 Å². The highest BCUT2D eigenvalue weighted by Crippen LogP contribution is 2.41. The van der Waals surface area contributed by atoms with Crippen LogP contribution in [-0.2, 0) is 4.79 Å². The Morgan fingerprint density at radius 3 is 2.68 bits per heavy atom. The van der Waals surface area contributed by atoms with Gasteiger partial charge in [0.15, 0.2) is 0 Å². The monoisotopic (exact) mass is 269 g/mol. The van der Waals surface area contributed by atoms with E-state index in [1.165, 1.54) is 6.42 Å². The normalized spacial score (nSPS) is 24.8. The van der Waals surface area contributed by atoms with Gasteiger partial charge in [-0.2, -0.15) is 0 Å². The SMILES string of the molecule is CC(CN(C)C(=O)C1CCCCC1(C)C)C(N)=NO. The van der Waals surface area contributed by atoms with Crippen LogP contribution in [0.5, 0.6) is 0 Å². The first-order chi connectivity index (χ1) is 8.79. The third-order valence-electron chi connectivity index (χ3n) is 4.35. The zero-order chi connectivity index (χ0) is 14.6. The first-order valence-electron chi connectivity index (χ1n) is 7.02. The Kier molecular flexibility index (Phi) is 5.20. The highest BCUT2D eigenvalue weighted by molar-refractivity contribution is 5.84. The van der Waals surface area contributed by atoms with Crippen molar-refractivity contribution in [2.75, 3.05) is 13.6 Å². The van der Waals surface area contributed by atoms with E-state index in [0.717, 1.165) is 19.3 Å². The fourth-order valence-corrected chi connectivity index (χ4v) is 2.91. The van der Waals surface area contributed by atoms with Crippen molar-refractivity contribution in [3.8, 4) is 0 Å². The first kappa shape index (κ1) is 15.8. The first-order valence-corrected chi connectivity index (χ1v) is 7.02. The van der Waals surface area contributed by atoms with Crippen molar-refractivity contribution >= 4 is 11.7 Å². The number of carbonyl (C=O) groups excluding carboxylic acids is 1. The van der Waals surface area contributed by atoms with E-state index in [1.54, 1.807) is 11.9 Å². The summed E-state index contributed by atoms with van der Waals surface area (Å²) in [5.74, 6) is 0.307. The van der Waals surface area contributed by atoms with Gasteiger partial charge in [-0.15, -0.1) is 0 Å². The Bertz CT molecular complexity index is 353. The van der Waals surface area contributed by atoms with Crippen molar-refractivity contribution in [1.29, 1.82) is 0 Å². The second-order valence-corrected chi connectivity index (χ2v) is 6.43. The van der Waals surface area contributed by atoms with Crippen molar-refractivity contribution in [1.82, 2.24) is 4.90 Å². The molecule has 1 rings (SSSR count). The molecule has 1 fully saturated rings. The number of rotatable bonds is 4. The van der Waals surface area contributed by atoms with Crippen LogP contribution in [-0.4, -0.2) is 35.4 Å². The minimum Gasteiger partial charge on any atom is -0.409 e. The molecule has 3 N–H and O–H groups in total. The second kappa shape index (κ2) is 6.26. The minimum atomic E-state index is -0.134. The molecule has 0 aromatic carbocycles. The Balaban J connectivity index is 2.66. The van der Waals surface area contributed by atoms with Gasteiger partial charge >= 0.3 is 0 Å². The number of hydrogen-bond donors (Lipinski definition) is 2. The quantitative estimate of drug-likeness (QED) is 0.355. The maximum atomic E-state index is 12.5. The average Bonchev–Trinajstić information content (AvgIpc) is 2.36. The fourth-order valence-electron chi connectivity index (χ4n) is 2.91. The standard InChI is InChI=1S/C14H27N3O2/c1-10(12(15)16-19)9-17(4)13(18)11-7-5-6-8-14(11,2)3/h10-11,19H,5-9H2,1-4H3,(H2,15,16). The van der Waals surface area contributed by atoms with Crippen molar-refractivity contribution in [2.45, 2.75) is 46.5 Å². The predicted molar refractivity (Wildman–Crippen MR) is 75.9 cm³/mol. The molecule has 0 heterocycles. The molecule has 19 heavy (non-hydrogen) atoms. The van der Waals surface area contributed by atoms with Gasteiger partial charge in [-0.3, -0.25) is 4.79 Å². The summed E-state index contributed by atoms with van der Waals surface area (Å²) in [6.45, 7) is 6.69. The van der Waals surface area contributed by atoms with E-state index >= 15 is 0 Å². The summed E-state index contributed by atoms with van der Waals surface area (Å²) in [5, 5.41) is 11.6. The summed E-state index contributed by atoms with van der Waals surface area (Å²) in [6.07, 6.45) is 4.41. The molecule has 0 aliphatic heterocycles. The molecule has 1 amide bonds. The number of oxime groups is 1. The Morgan fingerprint density at radius 1 is 1.53 bits per heavy atom. The molecule has 1 saturated carbocycles. The predicted octanol–water partition coefficient (Wildman–Crippen LogP) is 2.04. The minimum absolute atomic E-state index is 0.0729. The molecular formula is C14H27N3O2. The van der Waals surface area contributed by atoms with Crippen LogP contribution in [0.2, 0.25) is 0 Å². The third-order valence-corrected chi connectivity index (χ3v) is 4.35. The lowest BCUT2D eigenvalue weighted by atomic mass is 9.68. The maximum Gasteiger partial charge on any atom is 0.225 e. The lowest BCUT2D eigenvalue weighted by Crippen LogP contribution is -2.44. The molecule has 2 unspecified atom stereocenters. The van der Waals surface area contributed by atoms with Gasteiger partial charge < -0.3 is 15.8 Å². The summed E-state index contributed by atoms with van der Waals surface area (Å²) in [6, 6.07) is 0. The average molecular weight is 269 g/mol. The van der Waals surface area contributed by atoms with Crippen LogP contribution in [0.15, 0.2) is 5.16 Å². The van der Waals surface area contributed by atoms with Crippen molar-refractivity contribution < 1.29 is 10.0 Å². The molecule has 0 radical (unpaired) electrons. The molecule has 2 atom stereocenters. The molecule has 0 saturated heterocycles. The summed E-state index contributed by atoms with van der Waals surface area (Å²) >= 11 is 0. The molecule has 1 aliphatic carbocycles. The number of amides is 1. The van der Waals surface area contributed by atoms with Crippen molar-refractivity contribution in [2.24, 2.45) is 28.1 Å².